The summed E-state index contributed by atoms with van der Waals surface area (Å²) in [6.07, 6.45) is 11.4. The second kappa shape index (κ2) is 8.91. The minimum Gasteiger partial charge on any atom is -0.295 e. The maximum absolute atomic E-state index is 14.3. The first-order valence-electron chi connectivity index (χ1n) is 14.4. The molecule has 0 spiro atoms. The number of allylic oxidation sites excluding steroid dienone is 4. The first kappa shape index (κ1) is 26.5. The van der Waals surface area contributed by atoms with Crippen LogP contribution in [0.2, 0.25) is 0 Å². The van der Waals surface area contributed by atoms with Crippen LogP contribution in [-0.2, 0) is 9.59 Å². The van der Waals surface area contributed by atoms with Gasteiger partial charge in [-0.25, -0.2) is 0 Å². The van der Waals surface area contributed by atoms with Gasteiger partial charge in [-0.1, -0.05) is 52.3 Å². The predicted octanol–water partition coefficient (Wildman–Crippen LogP) is 7.54. The molecule has 1 N–H and O–H groups in total. The van der Waals surface area contributed by atoms with Gasteiger partial charge in [-0.2, -0.15) is 5.26 Å². The minimum absolute atomic E-state index is 0.0238. The minimum atomic E-state index is -0.417. The molecule has 0 aromatic carbocycles. The third-order valence-corrected chi connectivity index (χ3v) is 13.6. The van der Waals surface area contributed by atoms with Crippen LogP contribution in [0, 0.1) is 57.2 Å². The van der Waals surface area contributed by atoms with E-state index in [1.165, 1.54) is 16.2 Å². The Morgan fingerprint density at radius 3 is 2.53 bits per heavy atom. The van der Waals surface area contributed by atoms with Crippen molar-refractivity contribution >= 4 is 34.9 Å². The van der Waals surface area contributed by atoms with Crippen molar-refractivity contribution in [3.63, 3.8) is 0 Å². The van der Waals surface area contributed by atoms with Crippen molar-refractivity contribution in [3.8, 4) is 6.07 Å². The number of carbonyl (C=O) groups excluding carboxylic acids is 2. The number of nitrogens with one attached hydrogen (secondary N) is 1. The van der Waals surface area contributed by atoms with Crippen LogP contribution >= 0.6 is 23.3 Å². The van der Waals surface area contributed by atoms with Crippen LogP contribution in [0.15, 0.2) is 45.0 Å². The lowest BCUT2D eigenvalue weighted by molar-refractivity contribution is -0.138. The van der Waals surface area contributed by atoms with Gasteiger partial charge in [0.1, 0.15) is 6.07 Å². The average Bonchev–Trinajstić information content (AvgIpc) is 3.40. The van der Waals surface area contributed by atoms with Gasteiger partial charge >= 0.3 is 0 Å². The van der Waals surface area contributed by atoms with Crippen LogP contribution in [0.5, 0.6) is 0 Å². The molecule has 5 aliphatic carbocycles. The summed E-state index contributed by atoms with van der Waals surface area (Å²) in [5.74, 6) is 0.861. The molecule has 0 saturated heterocycles. The second-order valence-electron chi connectivity index (χ2n) is 14.1. The Morgan fingerprint density at radius 1 is 1.05 bits per heavy atom. The molecule has 3 fully saturated rings. The first-order chi connectivity index (χ1) is 17.9. The lowest BCUT2D eigenvalue weighted by Gasteiger charge is -2.64. The number of hydrogen-bond donors (Lipinski definition) is 1. The van der Waals surface area contributed by atoms with E-state index in [-0.39, 0.29) is 51.3 Å². The largest absolute Gasteiger partial charge is 0.295 e. The van der Waals surface area contributed by atoms with Gasteiger partial charge in [-0.15, -0.1) is 11.3 Å². The van der Waals surface area contributed by atoms with E-state index in [0.29, 0.717) is 11.8 Å². The molecule has 0 bridgehead atoms. The fraction of sp³-hybridized carbons (Fsp3) is 0.656. The summed E-state index contributed by atoms with van der Waals surface area (Å²) < 4.78 is 5.24. The molecule has 1 heterocycles. The van der Waals surface area contributed by atoms with E-state index >= 15 is 0 Å². The summed E-state index contributed by atoms with van der Waals surface area (Å²) in [6, 6.07) is 6.46. The van der Waals surface area contributed by atoms with Crippen LogP contribution in [0.1, 0.15) is 79.6 Å². The SMILES string of the molecule is CC1C(=O)C(C#N)=CC2(C)C3=CC(=O)C4C5CC(C)(C)CCC5(NSc5cccs5)CCC4C3(C)CCC12. The van der Waals surface area contributed by atoms with E-state index < -0.39 is 5.41 Å². The van der Waals surface area contributed by atoms with Crippen molar-refractivity contribution in [2.75, 3.05) is 0 Å². The van der Waals surface area contributed by atoms with Crippen LogP contribution in [0.3, 0.4) is 0 Å². The Labute approximate surface area is 235 Å². The van der Waals surface area contributed by atoms with Crippen LogP contribution in [0.25, 0.3) is 0 Å². The Hall–Kier alpha value is -1.68. The maximum atomic E-state index is 14.3. The number of carbonyl (C=O) groups is 2. The normalized spacial score (nSPS) is 43.5. The number of Topliss-reactive ketones (excluding diaryl/α,β-unsaturated/α-hetero) is 1. The van der Waals surface area contributed by atoms with Gasteiger partial charge in [0.15, 0.2) is 11.6 Å². The molecule has 0 aliphatic heterocycles. The van der Waals surface area contributed by atoms with E-state index in [1.807, 2.05) is 19.1 Å². The second-order valence-corrected chi connectivity index (χ2v) is 16.1. The highest BCUT2D eigenvalue weighted by Gasteiger charge is 2.64. The first-order valence-corrected chi connectivity index (χ1v) is 16.0. The number of thiophene rings is 1. The summed E-state index contributed by atoms with van der Waals surface area (Å²) in [5, 5.41) is 11.9. The quantitative estimate of drug-likeness (QED) is 0.395. The van der Waals surface area contributed by atoms with Crippen molar-refractivity contribution in [2.24, 2.45) is 45.8 Å². The Kier molecular flexibility index (Phi) is 6.22. The van der Waals surface area contributed by atoms with Gasteiger partial charge in [0, 0.05) is 22.8 Å². The molecule has 8 atom stereocenters. The Morgan fingerprint density at radius 2 is 1.82 bits per heavy atom. The van der Waals surface area contributed by atoms with Crippen LogP contribution < -0.4 is 4.72 Å². The van der Waals surface area contributed by atoms with Crippen LogP contribution in [0.4, 0.5) is 0 Å². The highest BCUT2D eigenvalue weighted by atomic mass is 32.2. The maximum Gasteiger partial charge on any atom is 0.176 e. The van der Waals surface area contributed by atoms with Crippen molar-refractivity contribution < 1.29 is 9.59 Å². The summed E-state index contributed by atoms with van der Waals surface area (Å²) in [6.45, 7) is 11.3. The zero-order chi connectivity index (χ0) is 27.1. The zero-order valence-corrected chi connectivity index (χ0v) is 24.9. The predicted molar refractivity (Wildman–Crippen MR) is 153 cm³/mol. The Balaban J connectivity index is 1.42. The highest BCUT2D eigenvalue weighted by molar-refractivity contribution is 7.99. The summed E-state index contributed by atoms with van der Waals surface area (Å²) >= 11 is 3.53. The smallest absolute Gasteiger partial charge is 0.176 e. The summed E-state index contributed by atoms with van der Waals surface area (Å²) in [7, 11) is 0. The number of nitrogens with zero attached hydrogens (tertiary/aromatic N) is 1. The third-order valence-electron chi connectivity index (χ3n) is 11.6. The third kappa shape index (κ3) is 3.79. The van der Waals surface area contributed by atoms with Crippen molar-refractivity contribution in [2.45, 2.75) is 89.3 Å². The Bertz CT molecular complexity index is 1270. The van der Waals surface area contributed by atoms with Crippen molar-refractivity contribution in [3.05, 3.63) is 40.8 Å². The number of hydrogen-bond acceptors (Lipinski definition) is 6. The topological polar surface area (TPSA) is 70.0 Å². The standard InChI is InChI=1S/C32H40N2O2S2/c1-19-21-8-10-30(4)22-9-11-32(34-38-26-7-6-14-37-26)13-12-29(2,3)17-23(32)27(22)24(35)15-25(30)31(21,5)16-20(18-33)28(19)36/h6-7,14-16,19,21-23,27,34H,8-13,17H2,1-5H3. The zero-order valence-electron chi connectivity index (χ0n) is 23.3. The fourth-order valence-electron chi connectivity index (χ4n) is 9.55. The fourth-order valence-corrected chi connectivity index (χ4v) is 11.3. The molecule has 0 amide bonds. The van der Waals surface area contributed by atoms with Gasteiger partial charge in [-0.3, -0.25) is 14.3 Å². The number of ketones is 2. The van der Waals surface area contributed by atoms with Gasteiger partial charge in [0.2, 0.25) is 0 Å². The molecule has 6 heteroatoms. The van der Waals surface area contributed by atoms with E-state index in [4.69, 9.17) is 0 Å². The molecule has 8 unspecified atom stereocenters. The van der Waals surface area contributed by atoms with Gasteiger partial charge in [0.05, 0.1) is 9.78 Å². The molecular weight excluding hydrogens is 508 g/mol. The lowest BCUT2D eigenvalue weighted by Crippen LogP contribution is -2.64. The molecule has 4 nitrogen and oxygen atoms in total. The summed E-state index contributed by atoms with van der Waals surface area (Å²) in [4.78, 5) is 27.2. The number of fused-ring (bicyclic) bond motifs is 7. The van der Waals surface area contributed by atoms with Crippen molar-refractivity contribution in [1.29, 1.82) is 5.26 Å². The van der Waals surface area contributed by atoms with E-state index in [0.717, 1.165) is 38.5 Å². The molecule has 1 aromatic rings. The molecule has 5 aliphatic rings. The molecule has 6 rings (SSSR count). The highest BCUT2D eigenvalue weighted by Crippen LogP contribution is 2.68. The van der Waals surface area contributed by atoms with Gasteiger partial charge in [0.25, 0.3) is 0 Å². The molecule has 1 aromatic heterocycles. The molecule has 202 valence electrons. The number of rotatable bonds is 3. The van der Waals surface area contributed by atoms with E-state index in [9.17, 15) is 14.9 Å². The lowest BCUT2D eigenvalue weighted by atomic mass is 9.40. The van der Waals surface area contributed by atoms with E-state index in [2.05, 4.69) is 56.0 Å². The number of nitriles is 1. The van der Waals surface area contributed by atoms with Gasteiger partial charge < -0.3 is 0 Å². The van der Waals surface area contributed by atoms with Crippen LogP contribution in [-0.4, -0.2) is 17.1 Å². The van der Waals surface area contributed by atoms with Gasteiger partial charge in [-0.05, 0) is 103 Å². The van der Waals surface area contributed by atoms with Crippen molar-refractivity contribution in [1.82, 2.24) is 4.72 Å². The molecule has 0 radical (unpaired) electrons. The molecule has 38 heavy (non-hydrogen) atoms. The monoisotopic (exact) mass is 548 g/mol. The summed E-state index contributed by atoms with van der Waals surface area (Å²) in [5.41, 5.74) is 1.17. The molecular formula is C32H40N2O2S2. The van der Waals surface area contributed by atoms with E-state index in [1.54, 1.807) is 23.3 Å². The molecule has 3 saturated carbocycles. The average molecular weight is 549 g/mol.